The average Bonchev–Trinajstić information content (AvgIpc) is 3.18. The van der Waals surface area contributed by atoms with Crippen molar-refractivity contribution < 1.29 is 14.3 Å². The number of nitrogens with one attached hydrogen (secondary N) is 2. The predicted octanol–water partition coefficient (Wildman–Crippen LogP) is 5.51. The Morgan fingerprint density at radius 3 is 2.58 bits per heavy atom. The molecule has 0 aliphatic heterocycles. The summed E-state index contributed by atoms with van der Waals surface area (Å²) < 4.78 is 5.44. The summed E-state index contributed by atoms with van der Waals surface area (Å²) in [4.78, 5) is 31.1. The number of ether oxygens (including phenoxy) is 1. The van der Waals surface area contributed by atoms with Gasteiger partial charge < -0.3 is 10.1 Å². The number of benzene rings is 2. The molecular formula is C23H22ClN3O3S. The summed E-state index contributed by atoms with van der Waals surface area (Å²) in [6, 6.07) is 14.0. The number of anilines is 2. The van der Waals surface area contributed by atoms with E-state index >= 15 is 0 Å². The highest BCUT2D eigenvalue weighted by molar-refractivity contribution is 7.16. The summed E-state index contributed by atoms with van der Waals surface area (Å²) in [5, 5.41) is 6.89. The lowest BCUT2D eigenvalue weighted by atomic mass is 9.90. The highest BCUT2D eigenvalue weighted by Gasteiger charge is 2.30. The minimum atomic E-state index is -0.340. The molecule has 1 aliphatic rings. The largest absolute Gasteiger partial charge is 0.494 e. The number of aromatic nitrogens is 1. The van der Waals surface area contributed by atoms with Gasteiger partial charge in [0.2, 0.25) is 5.91 Å². The zero-order valence-corrected chi connectivity index (χ0v) is 18.6. The molecule has 0 bridgehead atoms. The van der Waals surface area contributed by atoms with Crippen LogP contribution in [0.4, 0.5) is 10.8 Å². The van der Waals surface area contributed by atoms with Gasteiger partial charge in [0.05, 0.1) is 18.2 Å². The van der Waals surface area contributed by atoms with Gasteiger partial charge in [-0.1, -0.05) is 11.6 Å². The number of fused-ring (bicyclic) bond motifs is 1. The minimum absolute atomic E-state index is 0.0917. The van der Waals surface area contributed by atoms with E-state index in [0.717, 1.165) is 35.6 Å². The monoisotopic (exact) mass is 455 g/mol. The van der Waals surface area contributed by atoms with E-state index in [4.69, 9.17) is 16.3 Å². The van der Waals surface area contributed by atoms with Gasteiger partial charge in [-0.2, -0.15) is 0 Å². The number of hydrogen-bond donors (Lipinski definition) is 2. The normalized spacial score (nSPS) is 15.1. The van der Waals surface area contributed by atoms with Crippen LogP contribution in [0.1, 0.15) is 46.6 Å². The fraction of sp³-hybridized carbons (Fsp3) is 0.261. The molecule has 0 radical (unpaired) electrons. The Morgan fingerprint density at radius 2 is 1.87 bits per heavy atom. The van der Waals surface area contributed by atoms with Gasteiger partial charge >= 0.3 is 0 Å². The fourth-order valence-corrected chi connectivity index (χ4v) is 4.71. The number of aryl methyl sites for hydroxylation is 1. The number of nitrogens with zero attached hydrogens (tertiary/aromatic N) is 1. The molecule has 160 valence electrons. The van der Waals surface area contributed by atoms with Crippen LogP contribution in [0.25, 0.3) is 0 Å². The van der Waals surface area contributed by atoms with E-state index in [-0.39, 0.29) is 17.7 Å². The van der Waals surface area contributed by atoms with Crippen LogP contribution in [0, 0.1) is 0 Å². The van der Waals surface area contributed by atoms with Crippen molar-refractivity contribution in [1.29, 1.82) is 0 Å². The van der Waals surface area contributed by atoms with Crippen molar-refractivity contribution in [1.82, 2.24) is 4.98 Å². The van der Waals surface area contributed by atoms with Crippen LogP contribution >= 0.6 is 22.9 Å². The Labute approximate surface area is 189 Å². The fourth-order valence-electron chi connectivity index (χ4n) is 3.53. The molecule has 2 amide bonds. The molecule has 0 fully saturated rings. The standard InChI is InChI=1S/C23H22ClN3O3S/c1-2-30-17-12-10-16(11-13-17)25-22(29)18-4-3-5-19-20(18)26-23(31-19)27-21(28)14-6-8-15(24)9-7-14/h6-13,18H,2-5H2,1H3,(H,25,29)(H,26,27,28). The maximum atomic E-state index is 12.9. The Hall–Kier alpha value is -2.90. The van der Waals surface area contributed by atoms with Crippen molar-refractivity contribution in [3.8, 4) is 5.75 Å². The van der Waals surface area contributed by atoms with E-state index in [1.807, 2.05) is 31.2 Å². The van der Waals surface area contributed by atoms with Gasteiger partial charge in [0.15, 0.2) is 5.13 Å². The molecule has 2 aromatic carbocycles. The smallest absolute Gasteiger partial charge is 0.257 e. The van der Waals surface area contributed by atoms with Crippen LogP contribution in [0.2, 0.25) is 5.02 Å². The van der Waals surface area contributed by atoms with Crippen molar-refractivity contribution in [3.63, 3.8) is 0 Å². The van der Waals surface area contributed by atoms with Crippen molar-refractivity contribution >= 4 is 45.6 Å². The van der Waals surface area contributed by atoms with Crippen LogP contribution in [0.5, 0.6) is 5.75 Å². The number of amides is 2. The quantitative estimate of drug-likeness (QED) is 0.513. The van der Waals surface area contributed by atoms with Crippen molar-refractivity contribution in [2.24, 2.45) is 0 Å². The van der Waals surface area contributed by atoms with Gasteiger partial charge in [-0.25, -0.2) is 4.98 Å². The maximum Gasteiger partial charge on any atom is 0.257 e. The first-order chi connectivity index (χ1) is 15.0. The third-order valence-electron chi connectivity index (χ3n) is 5.03. The van der Waals surface area contributed by atoms with E-state index in [9.17, 15) is 9.59 Å². The number of thiazole rings is 1. The minimum Gasteiger partial charge on any atom is -0.494 e. The molecule has 0 spiro atoms. The lowest BCUT2D eigenvalue weighted by Gasteiger charge is -2.20. The zero-order valence-electron chi connectivity index (χ0n) is 17.0. The third-order valence-corrected chi connectivity index (χ3v) is 6.33. The molecule has 2 N–H and O–H groups in total. The molecule has 31 heavy (non-hydrogen) atoms. The Balaban J connectivity index is 1.46. The summed E-state index contributed by atoms with van der Waals surface area (Å²) in [5.41, 5.74) is 1.97. The molecule has 0 saturated carbocycles. The first-order valence-electron chi connectivity index (χ1n) is 10.1. The molecule has 6 nitrogen and oxygen atoms in total. The number of hydrogen-bond acceptors (Lipinski definition) is 5. The van der Waals surface area contributed by atoms with Gasteiger partial charge in [-0.3, -0.25) is 14.9 Å². The Bertz CT molecular complexity index is 1080. The second-order valence-electron chi connectivity index (χ2n) is 7.18. The van der Waals surface area contributed by atoms with E-state index < -0.39 is 0 Å². The van der Waals surface area contributed by atoms with E-state index in [2.05, 4.69) is 15.6 Å². The molecule has 1 aliphatic carbocycles. The van der Waals surface area contributed by atoms with E-state index in [1.54, 1.807) is 24.3 Å². The molecule has 3 aromatic rings. The van der Waals surface area contributed by atoms with Crippen LogP contribution in [-0.4, -0.2) is 23.4 Å². The third kappa shape index (κ3) is 5.06. The topological polar surface area (TPSA) is 80.3 Å². The molecule has 4 rings (SSSR count). The van der Waals surface area contributed by atoms with Gasteiger partial charge in [0, 0.05) is 21.2 Å². The summed E-state index contributed by atoms with van der Waals surface area (Å²) in [6.07, 6.45) is 2.49. The molecule has 1 heterocycles. The number of carbonyl (C=O) groups is 2. The van der Waals surface area contributed by atoms with Gasteiger partial charge in [-0.15, -0.1) is 11.3 Å². The van der Waals surface area contributed by atoms with E-state index in [1.165, 1.54) is 11.3 Å². The molecule has 1 unspecified atom stereocenters. The summed E-state index contributed by atoms with van der Waals surface area (Å²) in [6.45, 7) is 2.52. The molecule has 1 aromatic heterocycles. The number of rotatable bonds is 6. The Morgan fingerprint density at radius 1 is 1.13 bits per heavy atom. The highest BCUT2D eigenvalue weighted by Crippen LogP contribution is 2.37. The zero-order chi connectivity index (χ0) is 21.8. The Kier molecular flexibility index (Phi) is 6.53. The van der Waals surface area contributed by atoms with Gasteiger partial charge in [0.1, 0.15) is 5.75 Å². The second kappa shape index (κ2) is 9.49. The summed E-state index contributed by atoms with van der Waals surface area (Å²) in [7, 11) is 0. The molecular weight excluding hydrogens is 434 g/mol. The lowest BCUT2D eigenvalue weighted by molar-refractivity contribution is -0.117. The van der Waals surface area contributed by atoms with E-state index in [0.29, 0.717) is 28.0 Å². The predicted molar refractivity (Wildman–Crippen MR) is 123 cm³/mol. The summed E-state index contributed by atoms with van der Waals surface area (Å²) >= 11 is 7.32. The molecule has 1 atom stereocenters. The van der Waals surface area contributed by atoms with Crippen molar-refractivity contribution in [2.75, 3.05) is 17.2 Å². The van der Waals surface area contributed by atoms with Crippen LogP contribution in [0.15, 0.2) is 48.5 Å². The van der Waals surface area contributed by atoms with Crippen molar-refractivity contribution in [2.45, 2.75) is 32.1 Å². The van der Waals surface area contributed by atoms with Crippen LogP contribution in [0.3, 0.4) is 0 Å². The highest BCUT2D eigenvalue weighted by atomic mass is 35.5. The maximum absolute atomic E-state index is 12.9. The lowest BCUT2D eigenvalue weighted by Crippen LogP contribution is -2.24. The van der Waals surface area contributed by atoms with Gasteiger partial charge in [0.25, 0.3) is 5.91 Å². The number of halogens is 1. The molecule has 8 heteroatoms. The van der Waals surface area contributed by atoms with Gasteiger partial charge in [-0.05, 0) is 74.7 Å². The second-order valence-corrected chi connectivity index (χ2v) is 8.70. The van der Waals surface area contributed by atoms with Crippen molar-refractivity contribution in [3.05, 3.63) is 69.7 Å². The number of carbonyl (C=O) groups excluding carboxylic acids is 2. The van der Waals surface area contributed by atoms with Crippen LogP contribution in [-0.2, 0) is 11.2 Å². The average molecular weight is 456 g/mol. The first-order valence-corrected chi connectivity index (χ1v) is 11.3. The SMILES string of the molecule is CCOc1ccc(NC(=O)C2CCCc3sc(NC(=O)c4ccc(Cl)cc4)nc32)cc1. The molecule has 0 saturated heterocycles. The first kappa shape index (κ1) is 21.3. The summed E-state index contributed by atoms with van der Waals surface area (Å²) in [5.74, 6) is 0.0814. The van der Waals surface area contributed by atoms with Crippen LogP contribution < -0.4 is 15.4 Å².